The fourth-order valence-electron chi connectivity index (χ4n) is 2.70. The van der Waals surface area contributed by atoms with Crippen LogP contribution in [0.15, 0.2) is 12.1 Å². The quantitative estimate of drug-likeness (QED) is 0.925. The molecule has 1 aromatic rings. The third-order valence-corrected chi connectivity index (χ3v) is 3.97. The summed E-state index contributed by atoms with van der Waals surface area (Å²) in [5.41, 5.74) is -0.834. The Bertz CT molecular complexity index is 608. The zero-order valence-electron chi connectivity index (χ0n) is 12.6. The Labute approximate surface area is 131 Å². The van der Waals surface area contributed by atoms with Crippen LogP contribution in [-0.4, -0.2) is 40.0 Å². The van der Waals surface area contributed by atoms with Gasteiger partial charge < -0.3 is 10.0 Å². The number of carbonyl (C=O) groups excluding carboxylic acids is 1. The molecule has 0 aromatic carbocycles. The van der Waals surface area contributed by atoms with E-state index in [4.69, 9.17) is 5.11 Å². The lowest BCUT2D eigenvalue weighted by atomic mass is 9.93. The molecular weight excluding hydrogens is 313 g/mol. The summed E-state index contributed by atoms with van der Waals surface area (Å²) >= 11 is 0. The van der Waals surface area contributed by atoms with Gasteiger partial charge in [0.2, 0.25) is 0 Å². The lowest BCUT2D eigenvalue weighted by Crippen LogP contribution is -2.39. The number of piperidine rings is 1. The van der Waals surface area contributed by atoms with E-state index >= 15 is 0 Å². The van der Waals surface area contributed by atoms with Crippen LogP contribution in [0.4, 0.5) is 13.2 Å². The molecule has 0 spiro atoms. The van der Waals surface area contributed by atoms with Gasteiger partial charge in [0.1, 0.15) is 5.69 Å². The second kappa shape index (κ2) is 6.55. The van der Waals surface area contributed by atoms with E-state index in [1.54, 1.807) is 0 Å². The fraction of sp³-hybridized carbons (Fsp3) is 0.533. The predicted octanol–water partition coefficient (Wildman–Crippen LogP) is 2.74. The number of hydrogen-bond acceptors (Lipinski definition) is 3. The Balaban J connectivity index is 2.06. The number of rotatable bonds is 3. The second-order valence-electron chi connectivity index (χ2n) is 5.66. The summed E-state index contributed by atoms with van der Waals surface area (Å²) in [7, 11) is 0. The summed E-state index contributed by atoms with van der Waals surface area (Å²) in [6.45, 7) is 2.17. The van der Waals surface area contributed by atoms with Gasteiger partial charge in [-0.3, -0.25) is 9.59 Å². The predicted molar refractivity (Wildman–Crippen MR) is 74.9 cm³/mol. The lowest BCUT2D eigenvalue weighted by molar-refractivity contribution is -0.141. The molecule has 2 heterocycles. The molecule has 0 saturated carbocycles. The van der Waals surface area contributed by atoms with Crippen LogP contribution in [0.5, 0.6) is 0 Å². The first-order valence-electron chi connectivity index (χ1n) is 7.24. The highest BCUT2D eigenvalue weighted by Crippen LogP contribution is 2.29. The second-order valence-corrected chi connectivity index (χ2v) is 5.66. The van der Waals surface area contributed by atoms with Gasteiger partial charge in [-0.25, -0.2) is 4.98 Å². The molecule has 1 fully saturated rings. The van der Waals surface area contributed by atoms with Crippen molar-refractivity contribution < 1.29 is 27.9 Å². The van der Waals surface area contributed by atoms with Crippen LogP contribution >= 0.6 is 0 Å². The van der Waals surface area contributed by atoms with Crippen LogP contribution in [0.3, 0.4) is 0 Å². The van der Waals surface area contributed by atoms with Crippen molar-refractivity contribution in [1.82, 2.24) is 9.88 Å². The van der Waals surface area contributed by atoms with E-state index in [2.05, 4.69) is 4.98 Å². The molecule has 126 valence electrons. The highest BCUT2D eigenvalue weighted by molar-refractivity contribution is 5.95. The molecule has 1 aromatic heterocycles. The minimum Gasteiger partial charge on any atom is -0.481 e. The van der Waals surface area contributed by atoms with E-state index in [9.17, 15) is 22.8 Å². The molecule has 1 N–H and O–H groups in total. The summed E-state index contributed by atoms with van der Waals surface area (Å²) in [5, 5.41) is 8.77. The molecule has 1 aliphatic heterocycles. The number of aliphatic carboxylic acids is 1. The zero-order chi connectivity index (χ0) is 17.2. The Morgan fingerprint density at radius 3 is 2.39 bits per heavy atom. The van der Waals surface area contributed by atoms with Gasteiger partial charge in [-0.1, -0.05) is 0 Å². The van der Waals surface area contributed by atoms with E-state index in [-0.39, 0.29) is 29.5 Å². The van der Waals surface area contributed by atoms with E-state index < -0.39 is 17.8 Å². The number of halogens is 3. The average Bonchev–Trinajstić information content (AvgIpc) is 2.45. The highest BCUT2D eigenvalue weighted by atomic mass is 19.4. The summed E-state index contributed by atoms with van der Waals surface area (Å²) in [5.74, 6) is -1.20. The summed E-state index contributed by atoms with van der Waals surface area (Å²) < 4.78 is 37.8. The molecular formula is C15H17F3N2O3. The number of aryl methyl sites for hydroxylation is 1. The SMILES string of the molecule is Cc1nc(C(F)(F)F)ccc1C(=O)N1CCC(CC(=O)O)CC1. The standard InChI is InChI=1S/C15H17F3N2O3/c1-9-11(2-3-12(19-9)15(16,17)18)14(23)20-6-4-10(5-7-20)8-13(21)22/h2-3,10H,4-8H2,1H3,(H,21,22). The van der Waals surface area contributed by atoms with Gasteiger partial charge >= 0.3 is 12.1 Å². The highest BCUT2D eigenvalue weighted by Gasteiger charge is 2.33. The van der Waals surface area contributed by atoms with E-state index in [0.717, 1.165) is 12.1 Å². The first-order chi connectivity index (χ1) is 10.7. The van der Waals surface area contributed by atoms with Gasteiger partial charge in [0.25, 0.3) is 5.91 Å². The largest absolute Gasteiger partial charge is 0.481 e. The Morgan fingerprint density at radius 2 is 1.91 bits per heavy atom. The average molecular weight is 330 g/mol. The van der Waals surface area contributed by atoms with Gasteiger partial charge in [0.05, 0.1) is 11.3 Å². The van der Waals surface area contributed by atoms with Gasteiger partial charge in [0, 0.05) is 19.5 Å². The van der Waals surface area contributed by atoms with Crippen molar-refractivity contribution in [1.29, 1.82) is 0 Å². The van der Waals surface area contributed by atoms with E-state index in [1.165, 1.54) is 11.8 Å². The number of hydrogen-bond donors (Lipinski definition) is 1. The third-order valence-electron chi connectivity index (χ3n) is 3.97. The van der Waals surface area contributed by atoms with Crippen LogP contribution in [-0.2, 0) is 11.0 Å². The number of nitrogens with zero attached hydrogens (tertiary/aromatic N) is 2. The van der Waals surface area contributed by atoms with Crippen LogP contribution in [0.1, 0.15) is 41.0 Å². The molecule has 0 atom stereocenters. The first kappa shape index (κ1) is 17.2. The topological polar surface area (TPSA) is 70.5 Å². The van der Waals surface area contributed by atoms with Crippen molar-refractivity contribution in [3.8, 4) is 0 Å². The summed E-state index contributed by atoms with van der Waals surface area (Å²) in [4.78, 5) is 28.1. The molecule has 0 unspecified atom stereocenters. The molecule has 1 aliphatic rings. The number of carboxylic acid groups (broad SMARTS) is 1. The number of pyridine rings is 1. The Kier molecular flexibility index (Phi) is 4.91. The minimum atomic E-state index is -4.54. The van der Waals surface area contributed by atoms with Crippen molar-refractivity contribution >= 4 is 11.9 Å². The van der Waals surface area contributed by atoms with Crippen molar-refractivity contribution in [2.24, 2.45) is 5.92 Å². The van der Waals surface area contributed by atoms with Gasteiger partial charge in [-0.2, -0.15) is 13.2 Å². The number of amides is 1. The smallest absolute Gasteiger partial charge is 0.433 e. The van der Waals surface area contributed by atoms with Gasteiger partial charge in [0.15, 0.2) is 0 Å². The molecule has 2 rings (SSSR count). The Morgan fingerprint density at radius 1 is 1.30 bits per heavy atom. The summed E-state index contributed by atoms with van der Waals surface area (Å²) in [6.07, 6.45) is -3.32. The van der Waals surface area contributed by atoms with Crippen molar-refractivity contribution in [3.63, 3.8) is 0 Å². The van der Waals surface area contributed by atoms with E-state index in [1.807, 2.05) is 0 Å². The molecule has 1 saturated heterocycles. The molecule has 5 nitrogen and oxygen atoms in total. The fourth-order valence-corrected chi connectivity index (χ4v) is 2.70. The maximum Gasteiger partial charge on any atom is 0.433 e. The maximum atomic E-state index is 12.6. The van der Waals surface area contributed by atoms with Gasteiger partial charge in [-0.05, 0) is 37.8 Å². The number of carboxylic acids is 1. The number of alkyl halides is 3. The number of aromatic nitrogens is 1. The van der Waals surface area contributed by atoms with Crippen molar-refractivity contribution in [2.75, 3.05) is 13.1 Å². The normalized spacial score (nSPS) is 16.4. The lowest BCUT2D eigenvalue weighted by Gasteiger charge is -2.31. The van der Waals surface area contributed by atoms with Crippen LogP contribution in [0.2, 0.25) is 0 Å². The molecule has 1 amide bonds. The van der Waals surface area contributed by atoms with Crippen LogP contribution in [0.25, 0.3) is 0 Å². The van der Waals surface area contributed by atoms with E-state index in [0.29, 0.717) is 25.9 Å². The van der Waals surface area contributed by atoms with Gasteiger partial charge in [-0.15, -0.1) is 0 Å². The van der Waals surface area contributed by atoms with Crippen LogP contribution in [0, 0.1) is 12.8 Å². The molecule has 0 radical (unpaired) electrons. The third kappa shape index (κ3) is 4.20. The molecule has 8 heteroatoms. The molecule has 23 heavy (non-hydrogen) atoms. The molecule has 0 bridgehead atoms. The maximum absolute atomic E-state index is 12.6. The zero-order valence-corrected chi connectivity index (χ0v) is 12.6. The monoisotopic (exact) mass is 330 g/mol. The number of likely N-dealkylation sites (tertiary alicyclic amines) is 1. The Hall–Kier alpha value is -2.12. The van der Waals surface area contributed by atoms with Crippen molar-refractivity contribution in [2.45, 2.75) is 32.4 Å². The minimum absolute atomic E-state index is 0.0309. The summed E-state index contributed by atoms with van der Waals surface area (Å²) in [6, 6.07) is 1.95. The van der Waals surface area contributed by atoms with Crippen LogP contribution < -0.4 is 0 Å². The molecule has 0 aliphatic carbocycles. The first-order valence-corrected chi connectivity index (χ1v) is 7.24. The van der Waals surface area contributed by atoms with Crippen molar-refractivity contribution in [3.05, 3.63) is 29.1 Å². The number of carbonyl (C=O) groups is 2.